The summed E-state index contributed by atoms with van der Waals surface area (Å²) in [6.07, 6.45) is 10.2. The average molecular weight is 469 g/mol. The molecule has 0 saturated heterocycles. The van der Waals surface area contributed by atoms with E-state index >= 15 is 0 Å². The Morgan fingerprint density at radius 3 is 2.29 bits per heavy atom. The van der Waals surface area contributed by atoms with Gasteiger partial charge in [-0.05, 0) is 61.4 Å². The van der Waals surface area contributed by atoms with E-state index in [4.69, 9.17) is 14.2 Å². The first kappa shape index (κ1) is 26.9. The minimum Gasteiger partial charge on any atom is -0.497 e. The van der Waals surface area contributed by atoms with Crippen molar-refractivity contribution in [3.8, 4) is 17.2 Å². The van der Waals surface area contributed by atoms with E-state index < -0.39 is 5.97 Å². The van der Waals surface area contributed by atoms with Crippen LogP contribution in [0.25, 0.3) is 0 Å². The monoisotopic (exact) mass is 468 g/mol. The lowest BCUT2D eigenvalue weighted by molar-refractivity contribution is -0.121. The third-order valence-electron chi connectivity index (χ3n) is 5.21. The molecule has 0 aliphatic rings. The largest absolute Gasteiger partial charge is 0.497 e. The molecule has 0 atom stereocenters. The zero-order chi connectivity index (χ0) is 24.6. The van der Waals surface area contributed by atoms with E-state index in [1.165, 1.54) is 32.1 Å². The molecule has 0 fully saturated rings. The molecule has 1 N–H and O–H groups in total. The van der Waals surface area contributed by atoms with Crippen LogP contribution in [0.5, 0.6) is 17.2 Å². The molecule has 2 aromatic carbocycles. The Bertz CT molecular complexity index is 925. The van der Waals surface area contributed by atoms with Crippen LogP contribution in [0.2, 0.25) is 0 Å². The van der Waals surface area contributed by atoms with Gasteiger partial charge < -0.3 is 14.2 Å². The highest BCUT2D eigenvalue weighted by molar-refractivity contribution is 5.91. The summed E-state index contributed by atoms with van der Waals surface area (Å²) in [5.74, 6) is 0.790. The number of hydrazone groups is 1. The van der Waals surface area contributed by atoms with Crippen LogP contribution in [0.1, 0.15) is 81.1 Å². The van der Waals surface area contributed by atoms with Crippen molar-refractivity contribution in [1.29, 1.82) is 0 Å². The van der Waals surface area contributed by atoms with E-state index in [-0.39, 0.29) is 5.91 Å². The third-order valence-corrected chi connectivity index (χ3v) is 5.21. The first-order valence-corrected chi connectivity index (χ1v) is 12.0. The molecule has 0 saturated carbocycles. The number of carbonyl (C=O) groups is 2. The lowest BCUT2D eigenvalue weighted by Crippen LogP contribution is -2.16. The molecule has 34 heavy (non-hydrogen) atoms. The number of ether oxygens (including phenoxy) is 3. The molecule has 2 rings (SSSR count). The number of hydrogen-bond acceptors (Lipinski definition) is 6. The summed E-state index contributed by atoms with van der Waals surface area (Å²) in [5.41, 5.74) is 3.68. The summed E-state index contributed by atoms with van der Waals surface area (Å²) in [6, 6.07) is 11.8. The van der Waals surface area contributed by atoms with E-state index in [0.717, 1.165) is 12.8 Å². The first-order valence-electron chi connectivity index (χ1n) is 12.0. The Morgan fingerprint density at radius 1 is 0.912 bits per heavy atom. The molecule has 0 aromatic heterocycles. The minimum atomic E-state index is -0.498. The van der Waals surface area contributed by atoms with Gasteiger partial charge in [-0.2, -0.15) is 5.10 Å². The average Bonchev–Trinajstić information content (AvgIpc) is 2.85. The van der Waals surface area contributed by atoms with Crippen LogP contribution in [-0.4, -0.2) is 31.8 Å². The Labute approximate surface area is 202 Å². The van der Waals surface area contributed by atoms with Gasteiger partial charge >= 0.3 is 5.97 Å². The van der Waals surface area contributed by atoms with Crippen LogP contribution in [0.15, 0.2) is 47.6 Å². The topological polar surface area (TPSA) is 86.2 Å². The Morgan fingerprint density at radius 2 is 1.62 bits per heavy atom. The van der Waals surface area contributed by atoms with Gasteiger partial charge in [0.2, 0.25) is 5.91 Å². The van der Waals surface area contributed by atoms with Crippen molar-refractivity contribution in [3.63, 3.8) is 0 Å². The number of amides is 1. The molecule has 0 unspecified atom stereocenters. The van der Waals surface area contributed by atoms with Crippen molar-refractivity contribution >= 4 is 18.1 Å². The summed E-state index contributed by atoms with van der Waals surface area (Å²) >= 11 is 0. The second-order valence-corrected chi connectivity index (χ2v) is 7.92. The fourth-order valence-corrected chi connectivity index (χ4v) is 3.32. The normalized spacial score (nSPS) is 10.8. The zero-order valence-electron chi connectivity index (χ0n) is 20.5. The second kappa shape index (κ2) is 15.5. The summed E-state index contributed by atoms with van der Waals surface area (Å²) in [6.45, 7) is 4.46. The smallest absolute Gasteiger partial charge is 0.343 e. The molecule has 7 nitrogen and oxygen atoms in total. The molecule has 2 aromatic rings. The molecule has 1 amide bonds. The van der Waals surface area contributed by atoms with Crippen LogP contribution >= 0.6 is 0 Å². The van der Waals surface area contributed by atoms with Crippen LogP contribution < -0.4 is 19.6 Å². The van der Waals surface area contributed by atoms with Gasteiger partial charge in [0, 0.05) is 6.42 Å². The zero-order valence-corrected chi connectivity index (χ0v) is 20.5. The van der Waals surface area contributed by atoms with E-state index in [0.29, 0.717) is 41.4 Å². The highest BCUT2D eigenvalue weighted by atomic mass is 16.6. The van der Waals surface area contributed by atoms with Crippen molar-refractivity contribution in [3.05, 3.63) is 53.6 Å². The number of esters is 1. The molecule has 7 heteroatoms. The van der Waals surface area contributed by atoms with Gasteiger partial charge in [0.1, 0.15) is 5.75 Å². The van der Waals surface area contributed by atoms with E-state index in [1.54, 1.807) is 55.8 Å². The SMILES string of the molecule is CCCCCCCCCC(=O)N/N=C\c1ccc(OC(=O)c2ccc(OC)cc2)c(OCC)c1. The summed E-state index contributed by atoms with van der Waals surface area (Å²) in [5, 5.41) is 4.04. The lowest BCUT2D eigenvalue weighted by Gasteiger charge is -2.11. The fraction of sp³-hybridized carbons (Fsp3) is 0.444. The number of benzene rings is 2. The highest BCUT2D eigenvalue weighted by Gasteiger charge is 2.13. The number of nitrogens with zero attached hydrogens (tertiary/aromatic N) is 1. The van der Waals surface area contributed by atoms with Crippen LogP contribution in [0, 0.1) is 0 Å². The fourth-order valence-electron chi connectivity index (χ4n) is 3.32. The number of nitrogens with one attached hydrogen (secondary N) is 1. The van der Waals surface area contributed by atoms with Gasteiger partial charge in [0.15, 0.2) is 11.5 Å². The van der Waals surface area contributed by atoms with E-state index in [9.17, 15) is 9.59 Å². The minimum absolute atomic E-state index is 0.0973. The van der Waals surface area contributed by atoms with Gasteiger partial charge in [0.25, 0.3) is 0 Å². The molecule has 0 spiro atoms. The summed E-state index contributed by atoms with van der Waals surface area (Å²) in [7, 11) is 1.56. The van der Waals surface area contributed by atoms with Crippen LogP contribution in [0.3, 0.4) is 0 Å². The Hall–Kier alpha value is -3.35. The number of hydrogen-bond donors (Lipinski definition) is 1. The Kier molecular flexibility index (Phi) is 12.2. The van der Waals surface area contributed by atoms with Crippen molar-refractivity contribution in [1.82, 2.24) is 5.43 Å². The number of methoxy groups -OCH3 is 1. The predicted molar refractivity (Wildman–Crippen MR) is 134 cm³/mol. The van der Waals surface area contributed by atoms with E-state index in [1.807, 2.05) is 6.92 Å². The van der Waals surface area contributed by atoms with Gasteiger partial charge in [0.05, 0.1) is 25.5 Å². The number of unbranched alkanes of at least 4 members (excludes halogenated alkanes) is 6. The van der Waals surface area contributed by atoms with Crippen molar-refractivity contribution in [2.75, 3.05) is 13.7 Å². The second-order valence-electron chi connectivity index (χ2n) is 7.92. The molecular weight excluding hydrogens is 432 g/mol. The predicted octanol–water partition coefficient (Wildman–Crippen LogP) is 5.90. The van der Waals surface area contributed by atoms with Gasteiger partial charge in [-0.15, -0.1) is 0 Å². The van der Waals surface area contributed by atoms with Crippen molar-refractivity contribution in [2.45, 2.75) is 65.2 Å². The summed E-state index contributed by atoms with van der Waals surface area (Å²) in [4.78, 5) is 24.5. The maximum Gasteiger partial charge on any atom is 0.343 e. The molecule has 0 radical (unpaired) electrons. The third kappa shape index (κ3) is 9.65. The quantitative estimate of drug-likeness (QED) is 0.116. The standard InChI is InChI=1S/C27H36N2O5/c1-4-6-7-8-9-10-11-12-26(30)29-28-20-21-13-18-24(25(19-21)33-5-2)34-27(31)22-14-16-23(32-3)17-15-22/h13-20H,4-12H2,1-3H3,(H,29,30)/b28-20-. The molecule has 0 aliphatic carbocycles. The van der Waals surface area contributed by atoms with Crippen molar-refractivity contribution < 1.29 is 23.8 Å². The molecule has 0 heterocycles. The molecular formula is C27H36N2O5. The van der Waals surface area contributed by atoms with Crippen LogP contribution in [-0.2, 0) is 4.79 Å². The maximum atomic E-state index is 12.5. The first-order chi connectivity index (χ1) is 16.6. The molecule has 184 valence electrons. The number of carbonyl (C=O) groups excluding carboxylic acids is 2. The lowest BCUT2D eigenvalue weighted by atomic mass is 10.1. The van der Waals surface area contributed by atoms with Crippen LogP contribution in [0.4, 0.5) is 0 Å². The highest BCUT2D eigenvalue weighted by Crippen LogP contribution is 2.29. The number of rotatable bonds is 15. The maximum absolute atomic E-state index is 12.5. The van der Waals surface area contributed by atoms with Gasteiger partial charge in [-0.25, -0.2) is 10.2 Å². The molecule has 0 aliphatic heterocycles. The van der Waals surface area contributed by atoms with Gasteiger partial charge in [-0.3, -0.25) is 4.79 Å². The Balaban J connectivity index is 1.87. The van der Waals surface area contributed by atoms with Crippen molar-refractivity contribution in [2.24, 2.45) is 5.10 Å². The summed E-state index contributed by atoms with van der Waals surface area (Å²) < 4.78 is 16.3. The van der Waals surface area contributed by atoms with E-state index in [2.05, 4.69) is 17.5 Å². The molecule has 0 bridgehead atoms. The van der Waals surface area contributed by atoms with Gasteiger partial charge in [-0.1, -0.05) is 45.4 Å².